The lowest BCUT2D eigenvalue weighted by atomic mass is 10.0. The summed E-state index contributed by atoms with van der Waals surface area (Å²) in [7, 11) is -4.21. The van der Waals surface area contributed by atoms with E-state index < -0.39 is 34.1 Å². The maximum Gasteiger partial charge on any atom is 0.264 e. The summed E-state index contributed by atoms with van der Waals surface area (Å²) in [6.45, 7) is 5.15. The van der Waals surface area contributed by atoms with Gasteiger partial charge in [0.2, 0.25) is 11.8 Å². The number of halogens is 1. The summed E-state index contributed by atoms with van der Waals surface area (Å²) in [5.74, 6) is -0.885. The Morgan fingerprint density at radius 2 is 1.28 bits per heavy atom. The molecule has 0 saturated heterocycles. The molecule has 0 fully saturated rings. The van der Waals surface area contributed by atoms with Gasteiger partial charge in [0.05, 0.1) is 15.6 Å². The normalized spacial score (nSPS) is 12.3. The molecule has 0 saturated carbocycles. The first-order valence-corrected chi connectivity index (χ1v) is 15.8. The lowest BCUT2D eigenvalue weighted by Gasteiger charge is -2.35. The van der Waals surface area contributed by atoms with Gasteiger partial charge in [-0.3, -0.25) is 13.9 Å². The number of anilines is 1. The van der Waals surface area contributed by atoms with Crippen molar-refractivity contribution in [3.63, 3.8) is 0 Å². The molecule has 0 aliphatic rings. The second kappa shape index (κ2) is 13.9. The van der Waals surface area contributed by atoms with Crippen LogP contribution in [0, 0.1) is 0 Å². The lowest BCUT2D eigenvalue weighted by molar-refractivity contribution is -0.140. The van der Waals surface area contributed by atoms with Crippen molar-refractivity contribution in [2.75, 3.05) is 10.8 Å². The maximum absolute atomic E-state index is 14.4. The van der Waals surface area contributed by atoms with Crippen LogP contribution in [0.15, 0.2) is 120 Å². The largest absolute Gasteiger partial charge is 0.350 e. The van der Waals surface area contributed by atoms with Crippen LogP contribution < -0.4 is 9.62 Å². The van der Waals surface area contributed by atoms with E-state index in [1.807, 2.05) is 81.4 Å². The molecule has 0 aromatic heterocycles. The molecule has 4 aromatic carbocycles. The van der Waals surface area contributed by atoms with Crippen LogP contribution in [0.5, 0.6) is 0 Å². The third-order valence-electron chi connectivity index (χ3n) is 6.70. The number of nitrogens with zero attached hydrogens (tertiary/aromatic N) is 2. The minimum Gasteiger partial charge on any atom is -0.350 e. The molecule has 0 aliphatic heterocycles. The summed E-state index contributed by atoms with van der Waals surface area (Å²) in [4.78, 5) is 29.8. The molecule has 0 radical (unpaired) electrons. The highest BCUT2D eigenvalue weighted by molar-refractivity contribution is 7.92. The van der Waals surface area contributed by atoms with Crippen molar-refractivity contribution >= 4 is 39.1 Å². The van der Waals surface area contributed by atoms with E-state index in [0.717, 1.165) is 15.4 Å². The quantitative estimate of drug-likeness (QED) is 0.221. The van der Waals surface area contributed by atoms with Crippen molar-refractivity contribution in [1.82, 2.24) is 10.2 Å². The number of benzene rings is 4. The van der Waals surface area contributed by atoms with E-state index in [2.05, 4.69) is 5.32 Å². The molecule has 0 unspecified atom stereocenters. The Labute approximate surface area is 259 Å². The topological polar surface area (TPSA) is 86.8 Å². The van der Waals surface area contributed by atoms with E-state index in [1.54, 1.807) is 42.5 Å². The van der Waals surface area contributed by atoms with Gasteiger partial charge in [-0.2, -0.15) is 0 Å². The predicted octanol–water partition coefficient (Wildman–Crippen LogP) is 6.09. The molecule has 7 nitrogen and oxygen atoms in total. The van der Waals surface area contributed by atoms with E-state index in [0.29, 0.717) is 0 Å². The molecule has 224 valence electrons. The number of amides is 2. The highest BCUT2D eigenvalue weighted by Gasteiger charge is 2.36. The zero-order valence-corrected chi connectivity index (χ0v) is 26.1. The molecule has 0 heterocycles. The van der Waals surface area contributed by atoms with Crippen molar-refractivity contribution in [2.24, 2.45) is 0 Å². The molecule has 9 heteroatoms. The van der Waals surface area contributed by atoms with Crippen molar-refractivity contribution in [1.29, 1.82) is 0 Å². The summed E-state index contributed by atoms with van der Waals surface area (Å²) in [5, 5.41) is 3.20. The molecule has 4 aromatic rings. The Kier molecular flexibility index (Phi) is 10.3. The van der Waals surface area contributed by atoms with Gasteiger partial charge in [0.15, 0.2) is 0 Å². The van der Waals surface area contributed by atoms with E-state index in [-0.39, 0.29) is 34.5 Å². The fourth-order valence-electron chi connectivity index (χ4n) is 4.67. The van der Waals surface area contributed by atoms with E-state index in [1.165, 1.54) is 17.0 Å². The number of para-hydroxylation sites is 1. The zero-order chi connectivity index (χ0) is 31.0. The van der Waals surface area contributed by atoms with Crippen LogP contribution in [0.3, 0.4) is 0 Å². The van der Waals surface area contributed by atoms with Crippen molar-refractivity contribution in [3.05, 3.63) is 131 Å². The van der Waals surface area contributed by atoms with Crippen molar-refractivity contribution < 1.29 is 18.0 Å². The van der Waals surface area contributed by atoms with Crippen molar-refractivity contribution in [2.45, 2.75) is 50.2 Å². The molecule has 4 rings (SSSR count). The monoisotopic (exact) mass is 617 g/mol. The smallest absolute Gasteiger partial charge is 0.264 e. The molecule has 2 amide bonds. The highest BCUT2D eigenvalue weighted by Crippen LogP contribution is 2.31. The zero-order valence-electron chi connectivity index (χ0n) is 24.5. The summed E-state index contributed by atoms with van der Waals surface area (Å²) in [6, 6.07) is 32.2. The summed E-state index contributed by atoms with van der Waals surface area (Å²) >= 11 is 6.50. The number of hydrogen-bond acceptors (Lipinski definition) is 4. The van der Waals surface area contributed by atoms with Gasteiger partial charge in [0.1, 0.15) is 12.6 Å². The molecular formula is C34H36ClN3O4S. The Morgan fingerprint density at radius 1 is 0.767 bits per heavy atom. The predicted molar refractivity (Wildman–Crippen MR) is 171 cm³/mol. The fourth-order valence-corrected chi connectivity index (χ4v) is 6.42. The molecule has 0 aliphatic carbocycles. The average molecular weight is 618 g/mol. The number of rotatable bonds is 11. The summed E-state index contributed by atoms with van der Waals surface area (Å²) < 4.78 is 29.0. The average Bonchev–Trinajstić information content (AvgIpc) is 2.98. The molecular weight excluding hydrogens is 582 g/mol. The Bertz CT molecular complexity index is 1630. The first-order chi connectivity index (χ1) is 20.5. The lowest BCUT2D eigenvalue weighted by Crippen LogP contribution is -2.56. The Morgan fingerprint density at radius 3 is 1.84 bits per heavy atom. The number of sulfonamides is 1. The minimum atomic E-state index is -4.21. The van der Waals surface area contributed by atoms with Gasteiger partial charge in [-0.25, -0.2) is 8.42 Å². The molecule has 1 N–H and O–H groups in total. The molecule has 43 heavy (non-hydrogen) atoms. The third-order valence-corrected chi connectivity index (χ3v) is 8.79. The summed E-state index contributed by atoms with van der Waals surface area (Å²) in [5.41, 5.74) is 1.27. The van der Waals surface area contributed by atoms with Gasteiger partial charge in [-0.1, -0.05) is 103 Å². The van der Waals surface area contributed by atoms with Crippen LogP contribution in [0.1, 0.15) is 31.9 Å². The van der Waals surface area contributed by atoms with Crippen LogP contribution in [0.2, 0.25) is 5.02 Å². The van der Waals surface area contributed by atoms with Crippen LogP contribution in [0.4, 0.5) is 5.69 Å². The first-order valence-electron chi connectivity index (χ1n) is 14.0. The molecule has 0 spiro atoms. The number of hydrogen-bond donors (Lipinski definition) is 1. The van der Waals surface area contributed by atoms with E-state index in [4.69, 9.17) is 11.6 Å². The Balaban J connectivity index is 1.81. The van der Waals surface area contributed by atoms with Gasteiger partial charge in [0, 0.05) is 18.5 Å². The number of carbonyl (C=O) groups excluding carboxylic acids is 2. The number of carbonyl (C=O) groups is 2. The standard InChI is InChI=1S/C34H36ClN3O4S/c1-34(2,3)36-33(40)31(23-26-15-7-4-8-16-26)37(24-27-17-9-5-10-18-27)32(39)25-38(30-22-14-13-21-29(30)35)43(41,42)28-19-11-6-12-20-28/h4-22,31H,23-25H2,1-3H3,(H,36,40)/t31-/m1/s1. The highest BCUT2D eigenvalue weighted by atomic mass is 35.5. The Hall–Kier alpha value is -4.14. The maximum atomic E-state index is 14.4. The van der Waals surface area contributed by atoms with Crippen LogP contribution >= 0.6 is 11.6 Å². The van der Waals surface area contributed by atoms with Crippen LogP contribution in [-0.4, -0.2) is 43.3 Å². The number of nitrogens with one attached hydrogen (secondary N) is 1. The van der Waals surface area contributed by atoms with Gasteiger partial charge in [0.25, 0.3) is 10.0 Å². The third kappa shape index (κ3) is 8.46. The van der Waals surface area contributed by atoms with Gasteiger partial charge in [-0.05, 0) is 56.2 Å². The molecule has 0 bridgehead atoms. The van der Waals surface area contributed by atoms with Crippen molar-refractivity contribution in [3.8, 4) is 0 Å². The van der Waals surface area contributed by atoms with Gasteiger partial charge in [-0.15, -0.1) is 0 Å². The SMILES string of the molecule is CC(C)(C)NC(=O)[C@@H](Cc1ccccc1)N(Cc1ccccc1)C(=O)CN(c1ccccc1Cl)S(=O)(=O)c1ccccc1. The van der Waals surface area contributed by atoms with E-state index in [9.17, 15) is 18.0 Å². The van der Waals surface area contributed by atoms with E-state index >= 15 is 0 Å². The van der Waals surface area contributed by atoms with Gasteiger partial charge < -0.3 is 10.2 Å². The molecule has 1 atom stereocenters. The van der Waals surface area contributed by atoms with Crippen LogP contribution in [-0.2, 0) is 32.6 Å². The van der Waals surface area contributed by atoms with Crippen LogP contribution in [0.25, 0.3) is 0 Å². The fraction of sp³-hybridized carbons (Fsp3) is 0.235. The van der Waals surface area contributed by atoms with Gasteiger partial charge >= 0.3 is 0 Å². The first kappa shape index (κ1) is 31.8. The second-order valence-corrected chi connectivity index (χ2v) is 13.5. The minimum absolute atomic E-state index is 0.0173. The second-order valence-electron chi connectivity index (χ2n) is 11.2. The summed E-state index contributed by atoms with van der Waals surface area (Å²) in [6.07, 6.45) is 0.235.